The zero-order chi connectivity index (χ0) is 24.4. The molecular formula is C25H24ClN5O4. The number of benzene rings is 2. The summed E-state index contributed by atoms with van der Waals surface area (Å²) in [6.07, 6.45) is 2.41. The summed E-state index contributed by atoms with van der Waals surface area (Å²) >= 11 is 6.81. The Morgan fingerprint density at radius 2 is 2.03 bits per heavy atom. The second kappa shape index (κ2) is 9.91. The molecule has 0 radical (unpaired) electrons. The minimum atomic E-state index is -0.877. The van der Waals surface area contributed by atoms with Gasteiger partial charge in [0, 0.05) is 30.6 Å². The molecule has 0 spiro atoms. The third kappa shape index (κ3) is 4.79. The molecule has 35 heavy (non-hydrogen) atoms. The number of ether oxygens (including phenoxy) is 2. The van der Waals surface area contributed by atoms with E-state index in [1.807, 2.05) is 49.5 Å². The van der Waals surface area contributed by atoms with Crippen LogP contribution in [0, 0.1) is 0 Å². The molecule has 1 aliphatic heterocycles. The summed E-state index contributed by atoms with van der Waals surface area (Å²) in [6, 6.07) is 13.4. The van der Waals surface area contributed by atoms with Crippen LogP contribution in [0.1, 0.15) is 5.56 Å². The van der Waals surface area contributed by atoms with Gasteiger partial charge in [-0.1, -0.05) is 29.8 Å². The fourth-order valence-corrected chi connectivity index (χ4v) is 4.11. The largest absolute Gasteiger partial charge is 0.486 e. The fraction of sp³-hybridized carbons (Fsp3) is 0.240. The van der Waals surface area contributed by atoms with Crippen LogP contribution in [0.25, 0.3) is 22.2 Å². The predicted molar refractivity (Wildman–Crippen MR) is 135 cm³/mol. The van der Waals surface area contributed by atoms with E-state index in [2.05, 4.69) is 20.4 Å². The maximum absolute atomic E-state index is 9.44. The van der Waals surface area contributed by atoms with Gasteiger partial charge in [-0.3, -0.25) is 9.67 Å². The van der Waals surface area contributed by atoms with E-state index < -0.39 is 6.10 Å². The van der Waals surface area contributed by atoms with Crippen LogP contribution in [0.3, 0.4) is 0 Å². The number of nitrogens with one attached hydrogen (secondary N) is 1. The van der Waals surface area contributed by atoms with Gasteiger partial charge in [0.05, 0.1) is 35.5 Å². The molecule has 3 heterocycles. The van der Waals surface area contributed by atoms with Crippen LogP contribution >= 0.6 is 11.6 Å². The first-order valence-corrected chi connectivity index (χ1v) is 11.5. The lowest BCUT2D eigenvalue weighted by Crippen LogP contribution is -2.15. The molecule has 9 nitrogen and oxygen atoms in total. The van der Waals surface area contributed by atoms with Crippen molar-refractivity contribution in [3.8, 4) is 22.6 Å². The molecule has 1 aliphatic rings. The van der Waals surface area contributed by atoms with Gasteiger partial charge in [-0.25, -0.2) is 4.98 Å². The molecule has 1 atom stereocenters. The van der Waals surface area contributed by atoms with Crippen LogP contribution in [0.5, 0.6) is 11.5 Å². The van der Waals surface area contributed by atoms with Crippen molar-refractivity contribution in [1.29, 1.82) is 0 Å². The van der Waals surface area contributed by atoms with Crippen molar-refractivity contribution in [2.45, 2.75) is 6.10 Å². The van der Waals surface area contributed by atoms with E-state index >= 15 is 0 Å². The van der Waals surface area contributed by atoms with Gasteiger partial charge in [0.25, 0.3) is 0 Å². The fourth-order valence-electron chi connectivity index (χ4n) is 3.83. The first-order chi connectivity index (χ1) is 17.0. The van der Waals surface area contributed by atoms with Crippen LogP contribution in [0.2, 0.25) is 5.02 Å². The number of aliphatic imine (C=N–C) groups is 1. The lowest BCUT2D eigenvalue weighted by Gasteiger charge is -2.19. The lowest BCUT2D eigenvalue weighted by atomic mass is 10.0. The molecule has 0 amide bonds. The number of hydrogen-bond acceptors (Lipinski definition) is 8. The van der Waals surface area contributed by atoms with Gasteiger partial charge in [-0.05, 0) is 29.8 Å². The predicted octanol–water partition coefficient (Wildman–Crippen LogP) is 3.58. The number of halogens is 1. The Bertz CT molecular complexity index is 1400. The molecular weight excluding hydrogens is 470 g/mol. The quantitative estimate of drug-likeness (QED) is 0.337. The van der Waals surface area contributed by atoms with Crippen molar-refractivity contribution in [2.24, 2.45) is 12.0 Å². The zero-order valence-electron chi connectivity index (χ0n) is 19.0. The second-order valence-electron chi connectivity index (χ2n) is 8.09. The van der Waals surface area contributed by atoms with E-state index in [9.17, 15) is 5.11 Å². The third-order valence-corrected chi connectivity index (χ3v) is 5.99. The Kier molecular flexibility index (Phi) is 6.54. The van der Waals surface area contributed by atoms with E-state index in [1.54, 1.807) is 17.1 Å². The summed E-state index contributed by atoms with van der Waals surface area (Å²) in [5, 5.41) is 26.8. The zero-order valence-corrected chi connectivity index (χ0v) is 19.7. The van der Waals surface area contributed by atoms with Crippen molar-refractivity contribution in [2.75, 3.05) is 31.7 Å². The van der Waals surface area contributed by atoms with Crippen LogP contribution in [-0.2, 0) is 7.05 Å². The number of rotatable bonds is 7. The van der Waals surface area contributed by atoms with E-state index in [-0.39, 0.29) is 13.2 Å². The van der Waals surface area contributed by atoms with Crippen molar-refractivity contribution in [3.63, 3.8) is 0 Å². The van der Waals surface area contributed by atoms with Gasteiger partial charge in [-0.15, -0.1) is 0 Å². The van der Waals surface area contributed by atoms with Gasteiger partial charge >= 0.3 is 0 Å². The first kappa shape index (κ1) is 23.1. The van der Waals surface area contributed by atoms with E-state index in [0.29, 0.717) is 41.0 Å². The third-order valence-electron chi connectivity index (χ3n) is 5.58. The molecule has 180 valence electrons. The average molecular weight is 494 g/mol. The van der Waals surface area contributed by atoms with Crippen molar-refractivity contribution >= 4 is 40.4 Å². The first-order valence-electron chi connectivity index (χ1n) is 11.1. The molecule has 0 saturated carbocycles. The highest BCUT2D eigenvalue weighted by Crippen LogP contribution is 2.40. The molecule has 2 aromatic carbocycles. The smallest absolute Gasteiger partial charge is 0.179 e. The van der Waals surface area contributed by atoms with Crippen LogP contribution < -0.4 is 14.8 Å². The summed E-state index contributed by atoms with van der Waals surface area (Å²) in [5.41, 5.74) is 4.71. The lowest BCUT2D eigenvalue weighted by molar-refractivity contribution is 0.102. The van der Waals surface area contributed by atoms with Gasteiger partial charge in [-0.2, -0.15) is 5.10 Å². The molecule has 1 unspecified atom stereocenters. The normalized spacial score (nSPS) is 13.9. The molecule has 3 N–H and O–H groups in total. The highest BCUT2D eigenvalue weighted by molar-refractivity contribution is 6.36. The number of anilines is 2. The number of fused-ring (bicyclic) bond motifs is 2. The maximum Gasteiger partial charge on any atom is 0.179 e. The minimum absolute atomic E-state index is 0.116. The number of aliphatic hydroxyl groups is 2. The standard InChI is InChI=1S/C25H24ClN5O4/c1-31-20-9-15(11-27-13-17(33)14-32)12-28-24(20)25(30-31)29-19-4-2-3-18(23(19)26)16-5-6-21-22(10-16)35-8-7-34-21/h2-6,9-12,17,32-33H,7-8,13-14H2,1H3,(H,29,30). The number of aryl methyl sites for hydroxylation is 1. The SMILES string of the molecule is Cn1nc(Nc2cccc(-c3ccc4c(c3)OCCO4)c2Cl)c2ncc(C=NCC(O)CO)cc21. The molecule has 0 bridgehead atoms. The Labute approximate surface area is 206 Å². The van der Waals surface area contributed by atoms with Gasteiger partial charge in [0.15, 0.2) is 17.3 Å². The highest BCUT2D eigenvalue weighted by atomic mass is 35.5. The summed E-state index contributed by atoms with van der Waals surface area (Å²) in [7, 11) is 1.83. The van der Waals surface area contributed by atoms with Crippen molar-refractivity contribution in [3.05, 3.63) is 59.2 Å². The molecule has 0 saturated heterocycles. The Morgan fingerprint density at radius 3 is 2.86 bits per heavy atom. The number of hydrogen-bond donors (Lipinski definition) is 3. The number of aliphatic hydroxyl groups excluding tert-OH is 2. The van der Waals surface area contributed by atoms with Crippen LogP contribution in [-0.4, -0.2) is 63.7 Å². The summed E-state index contributed by atoms with van der Waals surface area (Å²) in [5.74, 6) is 2.00. The number of nitrogens with zero attached hydrogens (tertiary/aromatic N) is 4. The van der Waals surface area contributed by atoms with E-state index in [1.165, 1.54) is 0 Å². The molecule has 2 aromatic heterocycles. The molecule has 5 rings (SSSR count). The topological polar surface area (TPSA) is 114 Å². The maximum atomic E-state index is 9.44. The van der Waals surface area contributed by atoms with Gasteiger partial charge in [0.1, 0.15) is 18.7 Å². The summed E-state index contributed by atoms with van der Waals surface area (Å²) < 4.78 is 13.1. The molecule has 0 fully saturated rings. The summed E-state index contributed by atoms with van der Waals surface area (Å²) in [4.78, 5) is 8.70. The van der Waals surface area contributed by atoms with Crippen LogP contribution in [0.15, 0.2) is 53.7 Å². The summed E-state index contributed by atoms with van der Waals surface area (Å²) in [6.45, 7) is 0.845. The minimum Gasteiger partial charge on any atom is -0.486 e. The molecule has 10 heteroatoms. The average Bonchev–Trinajstić information content (AvgIpc) is 3.19. The Morgan fingerprint density at radius 1 is 1.20 bits per heavy atom. The Balaban J connectivity index is 1.42. The van der Waals surface area contributed by atoms with Gasteiger partial charge < -0.3 is 25.0 Å². The number of pyridine rings is 1. The van der Waals surface area contributed by atoms with Gasteiger partial charge in [0.2, 0.25) is 0 Å². The Hall–Kier alpha value is -3.66. The van der Waals surface area contributed by atoms with Crippen molar-refractivity contribution in [1.82, 2.24) is 14.8 Å². The number of aromatic nitrogens is 3. The van der Waals surface area contributed by atoms with E-state index in [0.717, 1.165) is 28.0 Å². The second-order valence-corrected chi connectivity index (χ2v) is 8.47. The highest BCUT2D eigenvalue weighted by Gasteiger charge is 2.17. The monoisotopic (exact) mass is 493 g/mol. The van der Waals surface area contributed by atoms with Crippen molar-refractivity contribution < 1.29 is 19.7 Å². The molecule has 4 aromatic rings. The molecule has 0 aliphatic carbocycles. The van der Waals surface area contributed by atoms with E-state index in [4.69, 9.17) is 26.2 Å². The van der Waals surface area contributed by atoms with Crippen LogP contribution in [0.4, 0.5) is 11.5 Å².